The zero-order valence-electron chi connectivity index (χ0n) is 11.4. The zero-order chi connectivity index (χ0) is 14.5. The summed E-state index contributed by atoms with van der Waals surface area (Å²) in [6.07, 6.45) is 3.19. The summed E-state index contributed by atoms with van der Waals surface area (Å²) in [5, 5.41) is 1.08. The van der Waals surface area contributed by atoms with Crippen LogP contribution in [0, 0.1) is 4.77 Å². The van der Waals surface area contributed by atoms with Gasteiger partial charge in [-0.15, -0.1) is 0 Å². The number of nitrogens with one attached hydrogen (secondary N) is 1. The first-order chi connectivity index (χ1) is 9.63. The van der Waals surface area contributed by atoms with Gasteiger partial charge in [-0.1, -0.05) is 36.5 Å². The number of benzene rings is 1. The second kappa shape index (κ2) is 7.46. The molecule has 0 aliphatic carbocycles. The maximum Gasteiger partial charge on any atom is 0.178 e. The van der Waals surface area contributed by atoms with Crippen LogP contribution < -0.4 is 0 Å². The molecule has 0 atom stereocenters. The number of aryl methyl sites for hydroxylation is 1. The van der Waals surface area contributed by atoms with Crippen molar-refractivity contribution in [2.75, 3.05) is 13.2 Å². The fourth-order valence-corrected chi connectivity index (χ4v) is 2.67. The average Bonchev–Trinajstić information content (AvgIpc) is 2.70. The van der Waals surface area contributed by atoms with Crippen LogP contribution in [0.5, 0.6) is 0 Å². The standard InChI is InChI=1S/C14H18Cl2N2OS/c1-2-3-6-19-7-4-5-18-13-9-11(16)10(15)8-12(13)17-14(18)20/h8-9H,2-7H2,1H3,(H,17,20). The molecule has 0 saturated carbocycles. The van der Waals surface area contributed by atoms with Gasteiger partial charge in [-0.05, 0) is 37.2 Å². The molecular formula is C14H18Cl2N2OS. The first kappa shape index (κ1) is 15.8. The summed E-state index contributed by atoms with van der Waals surface area (Å²) >= 11 is 17.4. The van der Waals surface area contributed by atoms with E-state index in [0.717, 1.165) is 50.1 Å². The largest absolute Gasteiger partial charge is 0.381 e. The summed E-state index contributed by atoms with van der Waals surface area (Å²) in [6, 6.07) is 3.66. The molecule has 3 nitrogen and oxygen atoms in total. The van der Waals surface area contributed by atoms with Gasteiger partial charge < -0.3 is 14.3 Å². The Hall–Kier alpha value is -0.550. The van der Waals surface area contributed by atoms with Crippen LogP contribution >= 0.6 is 35.4 Å². The van der Waals surface area contributed by atoms with Crippen molar-refractivity contribution in [2.45, 2.75) is 32.7 Å². The summed E-state index contributed by atoms with van der Waals surface area (Å²) in [5.74, 6) is 0. The second-order valence-corrected chi connectivity index (χ2v) is 5.89. The summed E-state index contributed by atoms with van der Waals surface area (Å²) in [6.45, 7) is 4.54. The maximum absolute atomic E-state index is 6.07. The van der Waals surface area contributed by atoms with Crippen LogP contribution in [-0.4, -0.2) is 22.8 Å². The summed E-state index contributed by atoms with van der Waals surface area (Å²) in [7, 11) is 0. The van der Waals surface area contributed by atoms with E-state index in [4.69, 9.17) is 40.2 Å². The minimum absolute atomic E-state index is 0.533. The quantitative estimate of drug-likeness (QED) is 0.557. The molecule has 20 heavy (non-hydrogen) atoms. The Balaban J connectivity index is 2.04. The average molecular weight is 333 g/mol. The van der Waals surface area contributed by atoms with Crippen LogP contribution in [0.15, 0.2) is 12.1 Å². The molecule has 0 amide bonds. The zero-order valence-corrected chi connectivity index (χ0v) is 13.7. The lowest BCUT2D eigenvalue weighted by Crippen LogP contribution is -2.03. The molecule has 0 unspecified atom stereocenters. The fourth-order valence-electron chi connectivity index (χ4n) is 2.05. The third-order valence-corrected chi connectivity index (χ3v) is 4.17. The van der Waals surface area contributed by atoms with Crippen molar-refractivity contribution in [3.63, 3.8) is 0 Å². The number of ether oxygens (including phenoxy) is 1. The first-order valence-electron chi connectivity index (χ1n) is 6.78. The highest BCUT2D eigenvalue weighted by Gasteiger charge is 2.07. The van der Waals surface area contributed by atoms with E-state index in [1.807, 2.05) is 16.7 Å². The number of rotatable bonds is 7. The molecule has 6 heteroatoms. The van der Waals surface area contributed by atoms with Crippen LogP contribution in [0.2, 0.25) is 10.0 Å². The monoisotopic (exact) mass is 332 g/mol. The third-order valence-electron chi connectivity index (χ3n) is 3.13. The molecule has 2 rings (SSSR count). The van der Waals surface area contributed by atoms with Crippen molar-refractivity contribution < 1.29 is 4.74 Å². The molecular weight excluding hydrogens is 315 g/mol. The number of fused-ring (bicyclic) bond motifs is 1. The Bertz CT molecular complexity index is 636. The number of nitrogens with zero attached hydrogens (tertiary/aromatic N) is 1. The summed E-state index contributed by atoms with van der Waals surface area (Å²) in [5.41, 5.74) is 1.90. The maximum atomic E-state index is 6.07. The van der Waals surface area contributed by atoms with E-state index in [0.29, 0.717) is 14.8 Å². The second-order valence-electron chi connectivity index (χ2n) is 4.68. The first-order valence-corrected chi connectivity index (χ1v) is 7.95. The number of hydrogen-bond donors (Lipinski definition) is 1. The Morgan fingerprint density at radius 2 is 1.90 bits per heavy atom. The lowest BCUT2D eigenvalue weighted by molar-refractivity contribution is 0.126. The number of hydrogen-bond acceptors (Lipinski definition) is 2. The topological polar surface area (TPSA) is 29.9 Å². The molecule has 0 saturated heterocycles. The Kier molecular flexibility index (Phi) is 5.90. The number of halogens is 2. The molecule has 0 aliphatic heterocycles. The predicted molar refractivity (Wildman–Crippen MR) is 87.5 cm³/mol. The minimum atomic E-state index is 0.533. The smallest absolute Gasteiger partial charge is 0.178 e. The molecule has 0 fully saturated rings. The highest BCUT2D eigenvalue weighted by Crippen LogP contribution is 2.27. The fraction of sp³-hybridized carbons (Fsp3) is 0.500. The Morgan fingerprint density at radius 3 is 2.65 bits per heavy atom. The van der Waals surface area contributed by atoms with E-state index in [1.165, 1.54) is 0 Å². The van der Waals surface area contributed by atoms with Crippen molar-refractivity contribution in [2.24, 2.45) is 0 Å². The van der Waals surface area contributed by atoms with E-state index >= 15 is 0 Å². The lowest BCUT2D eigenvalue weighted by atomic mass is 10.3. The van der Waals surface area contributed by atoms with Gasteiger partial charge in [-0.25, -0.2) is 0 Å². The van der Waals surface area contributed by atoms with Gasteiger partial charge in [0.2, 0.25) is 0 Å². The Morgan fingerprint density at radius 1 is 1.20 bits per heavy atom. The van der Waals surface area contributed by atoms with Crippen LogP contribution in [-0.2, 0) is 11.3 Å². The SMILES string of the molecule is CCCCOCCCn1c(=S)[nH]c2cc(Cl)c(Cl)cc21. The summed E-state index contributed by atoms with van der Waals surface area (Å²) in [4.78, 5) is 3.15. The van der Waals surface area contributed by atoms with Crippen LogP contribution in [0.1, 0.15) is 26.2 Å². The van der Waals surface area contributed by atoms with Crippen LogP contribution in [0.25, 0.3) is 11.0 Å². The summed E-state index contributed by atoms with van der Waals surface area (Å²) < 4.78 is 8.29. The van der Waals surface area contributed by atoms with Crippen molar-refractivity contribution in [1.82, 2.24) is 9.55 Å². The molecule has 0 radical (unpaired) electrons. The van der Waals surface area contributed by atoms with Crippen LogP contribution in [0.4, 0.5) is 0 Å². The number of aromatic nitrogens is 2. The van der Waals surface area contributed by atoms with Gasteiger partial charge in [0, 0.05) is 19.8 Å². The number of H-pyrrole nitrogens is 1. The van der Waals surface area contributed by atoms with E-state index in [2.05, 4.69) is 11.9 Å². The van der Waals surface area contributed by atoms with Crippen molar-refractivity contribution in [3.05, 3.63) is 26.9 Å². The van der Waals surface area contributed by atoms with Gasteiger partial charge in [0.1, 0.15) is 0 Å². The number of imidazole rings is 1. The minimum Gasteiger partial charge on any atom is -0.381 e. The highest BCUT2D eigenvalue weighted by atomic mass is 35.5. The number of aromatic amines is 1. The Labute approximate surface area is 133 Å². The highest BCUT2D eigenvalue weighted by molar-refractivity contribution is 7.71. The molecule has 0 bridgehead atoms. The molecule has 1 aromatic heterocycles. The van der Waals surface area contributed by atoms with Crippen LogP contribution in [0.3, 0.4) is 0 Å². The molecule has 1 heterocycles. The van der Waals surface area contributed by atoms with Gasteiger partial charge in [0.05, 0.1) is 21.1 Å². The van der Waals surface area contributed by atoms with Gasteiger partial charge >= 0.3 is 0 Å². The third kappa shape index (κ3) is 3.76. The van der Waals surface area contributed by atoms with E-state index < -0.39 is 0 Å². The molecule has 2 aromatic rings. The molecule has 1 N–H and O–H groups in total. The van der Waals surface area contributed by atoms with Gasteiger partial charge in [0.15, 0.2) is 4.77 Å². The van der Waals surface area contributed by atoms with E-state index in [9.17, 15) is 0 Å². The van der Waals surface area contributed by atoms with Crippen molar-refractivity contribution >= 4 is 46.5 Å². The molecule has 0 aliphatic rings. The van der Waals surface area contributed by atoms with E-state index in [-0.39, 0.29) is 0 Å². The molecule has 110 valence electrons. The molecule has 0 spiro atoms. The lowest BCUT2D eigenvalue weighted by Gasteiger charge is -2.06. The number of unbranched alkanes of at least 4 members (excludes halogenated alkanes) is 1. The van der Waals surface area contributed by atoms with Crippen molar-refractivity contribution in [1.29, 1.82) is 0 Å². The predicted octanol–water partition coefficient (Wildman–Crippen LogP) is 5.21. The normalized spacial score (nSPS) is 11.3. The van der Waals surface area contributed by atoms with Gasteiger partial charge in [-0.2, -0.15) is 0 Å². The molecule has 1 aromatic carbocycles. The van der Waals surface area contributed by atoms with Gasteiger partial charge in [-0.3, -0.25) is 0 Å². The van der Waals surface area contributed by atoms with E-state index in [1.54, 1.807) is 0 Å². The van der Waals surface area contributed by atoms with Gasteiger partial charge in [0.25, 0.3) is 0 Å². The van der Waals surface area contributed by atoms with Crippen molar-refractivity contribution in [3.8, 4) is 0 Å².